The van der Waals surface area contributed by atoms with Gasteiger partial charge in [-0.05, 0) is 39.7 Å². The molecule has 1 aliphatic rings. The fourth-order valence-electron chi connectivity index (χ4n) is 2.55. The van der Waals surface area contributed by atoms with Crippen molar-refractivity contribution in [3.05, 3.63) is 27.7 Å². The fourth-order valence-corrected chi connectivity index (χ4v) is 3.50. The van der Waals surface area contributed by atoms with Crippen molar-refractivity contribution in [2.75, 3.05) is 7.05 Å². The predicted octanol–water partition coefficient (Wildman–Crippen LogP) is 3.99. The lowest BCUT2D eigenvalue weighted by atomic mass is 9.94. The quantitative estimate of drug-likeness (QED) is 0.820. The maximum absolute atomic E-state index is 4.37. The van der Waals surface area contributed by atoms with Crippen molar-refractivity contribution in [2.24, 2.45) is 0 Å². The number of aromatic nitrogens is 1. The Bertz CT molecular complexity index is 381. The number of aryl methyl sites for hydroxylation is 1. The predicted molar refractivity (Wildman–Crippen MR) is 74.4 cm³/mol. The summed E-state index contributed by atoms with van der Waals surface area (Å²) in [4.78, 5) is 5.76. The van der Waals surface area contributed by atoms with E-state index < -0.39 is 0 Å². The number of hydrogen-bond acceptors (Lipinski definition) is 3. The van der Waals surface area contributed by atoms with Crippen LogP contribution in [0.5, 0.6) is 0 Å². The van der Waals surface area contributed by atoms with E-state index in [1.165, 1.54) is 49.1 Å². The maximum Gasteiger partial charge on any atom is 0.0798 e. The third-order valence-corrected chi connectivity index (χ3v) is 4.53. The summed E-state index contributed by atoms with van der Waals surface area (Å²) in [6.07, 6.45) is 10.4. The van der Waals surface area contributed by atoms with Crippen LogP contribution in [-0.4, -0.2) is 12.0 Å². The van der Waals surface area contributed by atoms with Crippen LogP contribution in [0.25, 0.3) is 0 Å². The smallest absolute Gasteiger partial charge is 0.0798 e. The molecule has 1 atom stereocenters. The average molecular weight is 250 g/mol. The monoisotopic (exact) mass is 250 g/mol. The molecule has 1 heterocycles. The Morgan fingerprint density at radius 2 is 2.12 bits per heavy atom. The first-order valence-electron chi connectivity index (χ1n) is 6.59. The van der Waals surface area contributed by atoms with E-state index in [0.29, 0.717) is 6.04 Å². The first-order chi connectivity index (χ1) is 8.33. The maximum atomic E-state index is 4.37. The van der Waals surface area contributed by atoms with E-state index >= 15 is 0 Å². The van der Waals surface area contributed by atoms with Crippen LogP contribution in [0.15, 0.2) is 17.2 Å². The molecule has 0 bridgehead atoms. The average Bonchev–Trinajstić information content (AvgIpc) is 2.69. The Hall–Kier alpha value is -0.670. The van der Waals surface area contributed by atoms with Gasteiger partial charge in [0.05, 0.1) is 17.2 Å². The van der Waals surface area contributed by atoms with E-state index in [-0.39, 0.29) is 0 Å². The Kier molecular flexibility index (Phi) is 4.75. The zero-order valence-corrected chi connectivity index (χ0v) is 11.6. The molecule has 1 aromatic rings. The van der Waals surface area contributed by atoms with Gasteiger partial charge in [0.2, 0.25) is 0 Å². The van der Waals surface area contributed by atoms with E-state index in [9.17, 15) is 0 Å². The molecule has 1 aliphatic carbocycles. The normalized spacial score (nSPS) is 19.3. The van der Waals surface area contributed by atoms with Crippen LogP contribution in [0.4, 0.5) is 0 Å². The number of likely N-dealkylation sites (N-methyl/N-ethyl adjacent to an activating group) is 1. The van der Waals surface area contributed by atoms with Gasteiger partial charge >= 0.3 is 0 Å². The molecular formula is C14H22N2S. The summed E-state index contributed by atoms with van der Waals surface area (Å²) >= 11 is 1.77. The fraction of sp³-hybridized carbons (Fsp3) is 0.643. The summed E-state index contributed by atoms with van der Waals surface area (Å²) < 4.78 is 0. The number of nitrogens with one attached hydrogen (secondary N) is 1. The molecule has 17 heavy (non-hydrogen) atoms. The van der Waals surface area contributed by atoms with Crippen molar-refractivity contribution in [1.82, 2.24) is 10.3 Å². The first-order valence-corrected chi connectivity index (χ1v) is 7.47. The van der Waals surface area contributed by atoms with Gasteiger partial charge in [-0.25, -0.2) is 4.98 Å². The second-order valence-electron chi connectivity index (χ2n) is 4.76. The lowest BCUT2D eigenvalue weighted by Crippen LogP contribution is -2.19. The van der Waals surface area contributed by atoms with Crippen LogP contribution in [0, 0.1) is 6.92 Å². The summed E-state index contributed by atoms with van der Waals surface area (Å²) in [6.45, 7) is 2.11. The third-order valence-electron chi connectivity index (χ3n) is 3.53. The SMILES string of the molecule is CNC(C1=CCCCCCC1)c1scnc1C. The summed E-state index contributed by atoms with van der Waals surface area (Å²) in [7, 11) is 2.06. The molecule has 0 aromatic carbocycles. The van der Waals surface area contributed by atoms with Gasteiger partial charge < -0.3 is 5.32 Å². The minimum atomic E-state index is 0.389. The molecule has 0 saturated heterocycles. The van der Waals surface area contributed by atoms with Crippen molar-refractivity contribution in [3.8, 4) is 0 Å². The van der Waals surface area contributed by atoms with Crippen LogP contribution in [0.1, 0.15) is 55.1 Å². The van der Waals surface area contributed by atoms with Crippen LogP contribution < -0.4 is 5.32 Å². The summed E-state index contributed by atoms with van der Waals surface area (Å²) in [5.74, 6) is 0. The molecule has 0 radical (unpaired) electrons. The summed E-state index contributed by atoms with van der Waals surface area (Å²) in [5, 5.41) is 3.47. The lowest BCUT2D eigenvalue weighted by Gasteiger charge is -2.21. The molecule has 2 nitrogen and oxygen atoms in total. The Labute approximate surface area is 108 Å². The Balaban J connectivity index is 2.19. The van der Waals surface area contributed by atoms with Crippen LogP contribution in [-0.2, 0) is 0 Å². The van der Waals surface area contributed by atoms with E-state index in [4.69, 9.17) is 0 Å². The molecule has 2 rings (SSSR count). The zero-order chi connectivity index (χ0) is 12.1. The second-order valence-corrected chi connectivity index (χ2v) is 5.64. The van der Waals surface area contributed by atoms with Crippen molar-refractivity contribution < 1.29 is 0 Å². The van der Waals surface area contributed by atoms with Gasteiger partial charge in [0, 0.05) is 4.88 Å². The van der Waals surface area contributed by atoms with Gasteiger partial charge in [-0.3, -0.25) is 0 Å². The molecule has 0 fully saturated rings. The molecule has 0 saturated carbocycles. The zero-order valence-electron chi connectivity index (χ0n) is 10.8. The number of hydrogen-bond donors (Lipinski definition) is 1. The molecule has 0 spiro atoms. The van der Waals surface area contributed by atoms with Gasteiger partial charge in [0.15, 0.2) is 0 Å². The van der Waals surface area contributed by atoms with Crippen molar-refractivity contribution >= 4 is 11.3 Å². The van der Waals surface area contributed by atoms with Crippen LogP contribution in [0.2, 0.25) is 0 Å². The van der Waals surface area contributed by atoms with Crippen LogP contribution in [0.3, 0.4) is 0 Å². The number of nitrogens with zero attached hydrogens (tertiary/aromatic N) is 1. The highest BCUT2D eigenvalue weighted by molar-refractivity contribution is 7.09. The minimum absolute atomic E-state index is 0.389. The highest BCUT2D eigenvalue weighted by Gasteiger charge is 2.18. The van der Waals surface area contributed by atoms with Crippen LogP contribution >= 0.6 is 11.3 Å². The van der Waals surface area contributed by atoms with Gasteiger partial charge in [0.25, 0.3) is 0 Å². The Morgan fingerprint density at radius 1 is 1.29 bits per heavy atom. The number of rotatable bonds is 3. The molecule has 1 aromatic heterocycles. The lowest BCUT2D eigenvalue weighted by molar-refractivity contribution is 0.576. The topological polar surface area (TPSA) is 24.9 Å². The molecule has 0 aliphatic heterocycles. The second kappa shape index (κ2) is 6.31. The van der Waals surface area contributed by atoms with E-state index in [1.54, 1.807) is 16.9 Å². The van der Waals surface area contributed by atoms with E-state index in [0.717, 1.165) is 0 Å². The molecule has 94 valence electrons. The van der Waals surface area contributed by atoms with E-state index in [2.05, 4.69) is 30.3 Å². The Morgan fingerprint density at radius 3 is 2.82 bits per heavy atom. The molecule has 0 amide bonds. The molecule has 1 unspecified atom stereocenters. The molecular weight excluding hydrogens is 228 g/mol. The van der Waals surface area contributed by atoms with Gasteiger partial charge in [-0.15, -0.1) is 11.3 Å². The molecule has 1 N–H and O–H groups in total. The standard InChI is InChI=1S/C14H22N2S/c1-11-14(17-10-16-11)13(15-2)12-8-6-4-3-5-7-9-12/h8,10,13,15H,3-7,9H2,1-2H3. The summed E-state index contributed by atoms with van der Waals surface area (Å²) in [5.41, 5.74) is 4.70. The largest absolute Gasteiger partial charge is 0.309 e. The number of thiazole rings is 1. The summed E-state index contributed by atoms with van der Waals surface area (Å²) in [6, 6.07) is 0.389. The first kappa shape index (κ1) is 12.8. The van der Waals surface area contributed by atoms with Crippen molar-refractivity contribution in [2.45, 2.75) is 51.5 Å². The van der Waals surface area contributed by atoms with E-state index in [1.807, 2.05) is 5.51 Å². The highest BCUT2D eigenvalue weighted by atomic mass is 32.1. The molecule has 3 heteroatoms. The van der Waals surface area contributed by atoms with Crippen molar-refractivity contribution in [3.63, 3.8) is 0 Å². The van der Waals surface area contributed by atoms with Gasteiger partial charge in [0.1, 0.15) is 0 Å². The highest BCUT2D eigenvalue weighted by Crippen LogP contribution is 2.32. The minimum Gasteiger partial charge on any atom is -0.309 e. The van der Waals surface area contributed by atoms with Gasteiger partial charge in [-0.1, -0.05) is 24.5 Å². The van der Waals surface area contributed by atoms with Gasteiger partial charge in [-0.2, -0.15) is 0 Å². The third kappa shape index (κ3) is 3.17. The number of allylic oxidation sites excluding steroid dienone is 1. The van der Waals surface area contributed by atoms with Crippen molar-refractivity contribution in [1.29, 1.82) is 0 Å².